The van der Waals surface area contributed by atoms with Crippen molar-refractivity contribution in [3.63, 3.8) is 0 Å². The first-order valence-corrected chi connectivity index (χ1v) is 8.59. The van der Waals surface area contributed by atoms with E-state index in [4.69, 9.17) is 5.11 Å². The largest absolute Gasteiger partial charge is 0.396 e. The number of sulfonamides is 1. The smallest absolute Gasteiger partial charge is 0.251 e. The maximum atomic E-state index is 12.3. The summed E-state index contributed by atoms with van der Waals surface area (Å²) in [6.07, 6.45) is 0.453. The zero-order valence-corrected chi connectivity index (χ0v) is 14.3. The number of aryl methyl sites for hydroxylation is 1. The first-order chi connectivity index (χ1) is 10.1. The highest BCUT2D eigenvalue weighted by atomic mass is 32.2. The van der Waals surface area contributed by atoms with Crippen molar-refractivity contribution < 1.29 is 18.3 Å². The molecular weight excluding hydrogens is 304 g/mol. The predicted octanol–water partition coefficient (Wildman–Crippen LogP) is 1.18. The molecule has 124 valence electrons. The third kappa shape index (κ3) is 5.40. The topological polar surface area (TPSA) is 95.5 Å². The molecule has 6 nitrogen and oxygen atoms in total. The van der Waals surface area contributed by atoms with E-state index < -0.39 is 15.6 Å². The molecule has 0 aliphatic heterocycles. The summed E-state index contributed by atoms with van der Waals surface area (Å²) in [7, 11) is -3.69. The van der Waals surface area contributed by atoms with Gasteiger partial charge in [-0.25, -0.2) is 13.1 Å². The van der Waals surface area contributed by atoms with Gasteiger partial charge in [-0.2, -0.15) is 0 Å². The van der Waals surface area contributed by atoms with Crippen molar-refractivity contribution >= 4 is 15.9 Å². The fourth-order valence-corrected chi connectivity index (χ4v) is 3.30. The monoisotopic (exact) mass is 328 g/mol. The Kier molecular flexibility index (Phi) is 6.10. The van der Waals surface area contributed by atoms with Crippen molar-refractivity contribution in [3.05, 3.63) is 29.3 Å². The fourth-order valence-electron chi connectivity index (χ4n) is 1.85. The van der Waals surface area contributed by atoms with Gasteiger partial charge in [0, 0.05) is 24.3 Å². The lowest BCUT2D eigenvalue weighted by molar-refractivity contribution is 0.0950. The number of benzene rings is 1. The molecule has 0 heterocycles. The number of rotatable bonds is 6. The van der Waals surface area contributed by atoms with Gasteiger partial charge < -0.3 is 10.4 Å². The van der Waals surface area contributed by atoms with Gasteiger partial charge in [0.1, 0.15) is 0 Å². The Morgan fingerprint density at radius 1 is 1.27 bits per heavy atom. The summed E-state index contributed by atoms with van der Waals surface area (Å²) in [6, 6.07) is 4.46. The van der Waals surface area contributed by atoms with E-state index in [9.17, 15) is 13.2 Å². The Bertz CT molecular complexity index is 633. The average Bonchev–Trinajstić information content (AvgIpc) is 2.36. The van der Waals surface area contributed by atoms with Gasteiger partial charge in [-0.3, -0.25) is 4.79 Å². The first kappa shape index (κ1) is 18.6. The minimum atomic E-state index is -3.69. The molecule has 0 aliphatic rings. The molecule has 22 heavy (non-hydrogen) atoms. The van der Waals surface area contributed by atoms with E-state index in [1.165, 1.54) is 12.1 Å². The van der Waals surface area contributed by atoms with Gasteiger partial charge in [-0.1, -0.05) is 6.07 Å². The number of hydrogen-bond donors (Lipinski definition) is 3. The second-order valence-electron chi connectivity index (χ2n) is 6.17. The molecule has 1 aromatic rings. The molecule has 0 aromatic heterocycles. The van der Waals surface area contributed by atoms with Crippen LogP contribution >= 0.6 is 0 Å². The van der Waals surface area contributed by atoms with Gasteiger partial charge in [0.2, 0.25) is 10.0 Å². The predicted molar refractivity (Wildman–Crippen MR) is 85.3 cm³/mol. The molecular formula is C15H24N2O4S. The molecule has 3 N–H and O–H groups in total. The van der Waals surface area contributed by atoms with Gasteiger partial charge in [-0.15, -0.1) is 0 Å². The van der Waals surface area contributed by atoms with Crippen LogP contribution in [-0.2, 0) is 10.0 Å². The van der Waals surface area contributed by atoms with E-state index in [0.29, 0.717) is 24.1 Å². The van der Waals surface area contributed by atoms with E-state index >= 15 is 0 Å². The number of hydrogen-bond acceptors (Lipinski definition) is 4. The van der Waals surface area contributed by atoms with E-state index in [1.54, 1.807) is 33.8 Å². The van der Waals surface area contributed by atoms with Crippen LogP contribution in [0.4, 0.5) is 0 Å². The van der Waals surface area contributed by atoms with Gasteiger partial charge in [0.25, 0.3) is 5.91 Å². The molecule has 1 rings (SSSR count). The van der Waals surface area contributed by atoms with Crippen LogP contribution in [0.1, 0.15) is 43.1 Å². The molecule has 0 bridgehead atoms. The van der Waals surface area contributed by atoms with Gasteiger partial charge in [0.05, 0.1) is 4.90 Å². The summed E-state index contributed by atoms with van der Waals surface area (Å²) >= 11 is 0. The van der Waals surface area contributed by atoms with E-state index in [2.05, 4.69) is 10.0 Å². The SMILES string of the molecule is Cc1ccc(S(=O)(=O)NC(C)(C)C)cc1C(=O)NCCCO. The third-order valence-corrected chi connectivity index (χ3v) is 4.58. The third-order valence-electron chi connectivity index (χ3n) is 2.82. The van der Waals surface area contributed by atoms with E-state index in [0.717, 1.165) is 0 Å². The maximum Gasteiger partial charge on any atom is 0.251 e. The Labute approximate surface area is 132 Å². The summed E-state index contributed by atoms with van der Waals surface area (Å²) in [6.45, 7) is 7.33. The van der Waals surface area contributed by atoms with Crippen LogP contribution in [-0.4, -0.2) is 38.1 Å². The number of aliphatic hydroxyl groups is 1. The van der Waals surface area contributed by atoms with Gasteiger partial charge in [-0.05, 0) is 51.8 Å². The molecule has 0 aliphatic carbocycles. The normalized spacial score (nSPS) is 12.2. The molecule has 0 radical (unpaired) electrons. The molecule has 0 unspecified atom stereocenters. The van der Waals surface area contributed by atoms with Crippen molar-refractivity contribution in [2.45, 2.75) is 44.6 Å². The molecule has 0 saturated carbocycles. The van der Waals surface area contributed by atoms with Crippen LogP contribution in [0, 0.1) is 6.92 Å². The Hall–Kier alpha value is -1.44. The standard InChI is InChI=1S/C15H24N2O4S/c1-11-6-7-12(22(20,21)17-15(2,3)4)10-13(11)14(19)16-8-5-9-18/h6-7,10,17-18H,5,8-9H2,1-4H3,(H,16,19). The molecule has 0 fully saturated rings. The number of amides is 1. The quantitative estimate of drug-likeness (QED) is 0.683. The minimum absolute atomic E-state index is 0.0107. The Morgan fingerprint density at radius 2 is 1.91 bits per heavy atom. The second kappa shape index (κ2) is 7.21. The van der Waals surface area contributed by atoms with Crippen molar-refractivity contribution in [3.8, 4) is 0 Å². The molecule has 0 spiro atoms. The van der Waals surface area contributed by atoms with Gasteiger partial charge in [0.15, 0.2) is 0 Å². The zero-order valence-electron chi connectivity index (χ0n) is 13.4. The lowest BCUT2D eigenvalue weighted by Gasteiger charge is -2.20. The van der Waals surface area contributed by atoms with Gasteiger partial charge >= 0.3 is 0 Å². The summed E-state index contributed by atoms with van der Waals surface area (Å²) in [4.78, 5) is 12.2. The number of carbonyl (C=O) groups is 1. The van der Waals surface area contributed by atoms with E-state index in [-0.39, 0.29) is 17.4 Å². The summed E-state index contributed by atoms with van der Waals surface area (Å²) in [5.41, 5.74) is 0.402. The van der Waals surface area contributed by atoms with Crippen molar-refractivity contribution in [1.82, 2.24) is 10.0 Å². The highest BCUT2D eigenvalue weighted by Gasteiger charge is 2.23. The van der Waals surface area contributed by atoms with Crippen LogP contribution in [0.15, 0.2) is 23.1 Å². The average molecular weight is 328 g/mol. The minimum Gasteiger partial charge on any atom is -0.396 e. The molecule has 0 atom stereocenters. The fraction of sp³-hybridized carbons (Fsp3) is 0.533. The highest BCUT2D eigenvalue weighted by Crippen LogP contribution is 2.17. The zero-order chi connectivity index (χ0) is 17.0. The van der Waals surface area contributed by atoms with Crippen LogP contribution in [0.2, 0.25) is 0 Å². The van der Waals surface area contributed by atoms with Crippen LogP contribution < -0.4 is 10.0 Å². The second-order valence-corrected chi connectivity index (χ2v) is 7.85. The summed E-state index contributed by atoms with van der Waals surface area (Å²) in [5, 5.41) is 11.4. The Balaban J connectivity index is 3.06. The van der Waals surface area contributed by atoms with Crippen molar-refractivity contribution in [2.24, 2.45) is 0 Å². The number of nitrogens with one attached hydrogen (secondary N) is 2. The van der Waals surface area contributed by atoms with Crippen LogP contribution in [0.3, 0.4) is 0 Å². The lowest BCUT2D eigenvalue weighted by atomic mass is 10.1. The lowest BCUT2D eigenvalue weighted by Crippen LogP contribution is -2.40. The molecule has 0 saturated heterocycles. The van der Waals surface area contributed by atoms with Crippen LogP contribution in [0.5, 0.6) is 0 Å². The van der Waals surface area contributed by atoms with Crippen molar-refractivity contribution in [1.29, 1.82) is 0 Å². The molecule has 1 amide bonds. The summed E-state index contributed by atoms with van der Waals surface area (Å²) < 4.78 is 27.2. The number of aliphatic hydroxyl groups excluding tert-OH is 1. The first-order valence-electron chi connectivity index (χ1n) is 7.10. The number of carbonyl (C=O) groups excluding carboxylic acids is 1. The maximum absolute atomic E-state index is 12.3. The van der Waals surface area contributed by atoms with E-state index in [1.807, 2.05) is 0 Å². The summed E-state index contributed by atoms with van der Waals surface area (Å²) in [5.74, 6) is -0.348. The molecule has 1 aromatic carbocycles. The van der Waals surface area contributed by atoms with Crippen LogP contribution in [0.25, 0.3) is 0 Å². The van der Waals surface area contributed by atoms with Crippen molar-refractivity contribution in [2.75, 3.05) is 13.2 Å². The molecule has 7 heteroatoms. The Morgan fingerprint density at radius 3 is 2.45 bits per heavy atom. The highest BCUT2D eigenvalue weighted by molar-refractivity contribution is 7.89.